The first-order valence-corrected chi connectivity index (χ1v) is 4.05. The molecule has 0 saturated heterocycles. The SMILES string of the molecule is CCc1ccc(F)c(CC)c1. The number of aryl methyl sites for hydroxylation is 2. The molecular weight excluding hydrogens is 139 g/mol. The summed E-state index contributed by atoms with van der Waals surface area (Å²) in [5, 5.41) is 0. The van der Waals surface area contributed by atoms with Crippen LogP contribution in [0.15, 0.2) is 18.2 Å². The van der Waals surface area contributed by atoms with E-state index in [0.717, 1.165) is 18.4 Å². The molecule has 0 nitrogen and oxygen atoms in total. The highest BCUT2D eigenvalue weighted by atomic mass is 19.1. The summed E-state index contributed by atoms with van der Waals surface area (Å²) in [6.07, 6.45) is 1.76. The van der Waals surface area contributed by atoms with Crippen molar-refractivity contribution in [3.63, 3.8) is 0 Å². The molecule has 0 N–H and O–H groups in total. The Morgan fingerprint density at radius 3 is 2.45 bits per heavy atom. The molecule has 0 aromatic heterocycles. The molecule has 1 aromatic rings. The van der Waals surface area contributed by atoms with Crippen LogP contribution < -0.4 is 0 Å². The van der Waals surface area contributed by atoms with Crippen LogP contribution in [0.25, 0.3) is 0 Å². The van der Waals surface area contributed by atoms with Crippen LogP contribution in [0.2, 0.25) is 0 Å². The largest absolute Gasteiger partial charge is 0.207 e. The van der Waals surface area contributed by atoms with Crippen LogP contribution in [0.3, 0.4) is 0 Å². The van der Waals surface area contributed by atoms with Crippen LogP contribution >= 0.6 is 0 Å². The molecule has 0 unspecified atom stereocenters. The molecule has 1 aromatic carbocycles. The summed E-state index contributed by atoms with van der Waals surface area (Å²) in [7, 11) is 0. The summed E-state index contributed by atoms with van der Waals surface area (Å²) >= 11 is 0. The van der Waals surface area contributed by atoms with Crippen molar-refractivity contribution in [2.24, 2.45) is 0 Å². The van der Waals surface area contributed by atoms with Crippen LogP contribution in [-0.4, -0.2) is 0 Å². The number of halogens is 1. The van der Waals surface area contributed by atoms with Gasteiger partial charge in [-0.05, 0) is 30.0 Å². The van der Waals surface area contributed by atoms with Gasteiger partial charge in [0, 0.05) is 0 Å². The quantitative estimate of drug-likeness (QED) is 0.611. The van der Waals surface area contributed by atoms with Gasteiger partial charge < -0.3 is 0 Å². The average molecular weight is 152 g/mol. The van der Waals surface area contributed by atoms with Crippen LogP contribution in [0.1, 0.15) is 25.0 Å². The molecule has 0 heterocycles. The number of rotatable bonds is 2. The Balaban J connectivity index is 3.02. The molecule has 0 saturated carbocycles. The van der Waals surface area contributed by atoms with E-state index in [9.17, 15) is 4.39 Å². The lowest BCUT2D eigenvalue weighted by atomic mass is 10.1. The van der Waals surface area contributed by atoms with E-state index >= 15 is 0 Å². The van der Waals surface area contributed by atoms with E-state index in [2.05, 4.69) is 6.92 Å². The fourth-order valence-corrected chi connectivity index (χ4v) is 1.12. The highest BCUT2D eigenvalue weighted by molar-refractivity contribution is 5.24. The summed E-state index contributed by atoms with van der Waals surface area (Å²) < 4.78 is 12.9. The van der Waals surface area contributed by atoms with E-state index in [-0.39, 0.29) is 5.82 Å². The van der Waals surface area contributed by atoms with Gasteiger partial charge in [-0.15, -0.1) is 0 Å². The second-order valence-electron chi connectivity index (χ2n) is 2.63. The lowest BCUT2D eigenvalue weighted by molar-refractivity contribution is 0.611. The van der Waals surface area contributed by atoms with Gasteiger partial charge in [-0.1, -0.05) is 26.0 Å². The Hall–Kier alpha value is -0.850. The number of hydrogen-bond donors (Lipinski definition) is 0. The zero-order chi connectivity index (χ0) is 8.27. The Kier molecular flexibility index (Phi) is 2.64. The Bertz CT molecular complexity index is 241. The summed E-state index contributed by atoms with van der Waals surface area (Å²) in [6.45, 7) is 4.05. The van der Waals surface area contributed by atoms with Gasteiger partial charge in [-0.3, -0.25) is 0 Å². The van der Waals surface area contributed by atoms with Crippen molar-refractivity contribution in [2.75, 3.05) is 0 Å². The minimum atomic E-state index is -0.0790. The van der Waals surface area contributed by atoms with E-state index in [0.29, 0.717) is 0 Å². The van der Waals surface area contributed by atoms with Gasteiger partial charge in [0.25, 0.3) is 0 Å². The van der Waals surface area contributed by atoms with Gasteiger partial charge in [0.05, 0.1) is 0 Å². The molecule has 0 aliphatic heterocycles. The average Bonchev–Trinajstić information content (AvgIpc) is 2.05. The fraction of sp³-hybridized carbons (Fsp3) is 0.400. The van der Waals surface area contributed by atoms with Crippen LogP contribution in [0.4, 0.5) is 4.39 Å². The summed E-state index contributed by atoms with van der Waals surface area (Å²) in [6, 6.07) is 5.33. The third-order valence-electron chi connectivity index (χ3n) is 1.90. The van der Waals surface area contributed by atoms with E-state index in [1.807, 2.05) is 19.1 Å². The van der Waals surface area contributed by atoms with E-state index in [1.54, 1.807) is 6.07 Å². The topological polar surface area (TPSA) is 0 Å². The molecule has 0 amide bonds. The molecule has 0 aliphatic rings. The van der Waals surface area contributed by atoms with Crippen molar-refractivity contribution >= 4 is 0 Å². The van der Waals surface area contributed by atoms with Gasteiger partial charge in [0.15, 0.2) is 0 Å². The summed E-state index contributed by atoms with van der Waals surface area (Å²) in [4.78, 5) is 0. The predicted molar refractivity (Wildman–Crippen MR) is 45.2 cm³/mol. The maximum Gasteiger partial charge on any atom is 0.126 e. The summed E-state index contributed by atoms with van der Waals surface area (Å²) in [5.41, 5.74) is 2.03. The van der Waals surface area contributed by atoms with Crippen molar-refractivity contribution in [2.45, 2.75) is 26.7 Å². The molecule has 0 atom stereocenters. The van der Waals surface area contributed by atoms with Crippen LogP contribution in [0, 0.1) is 5.82 Å². The van der Waals surface area contributed by atoms with Crippen molar-refractivity contribution in [3.8, 4) is 0 Å². The molecule has 60 valence electrons. The first-order valence-electron chi connectivity index (χ1n) is 4.05. The zero-order valence-electron chi connectivity index (χ0n) is 7.02. The Labute approximate surface area is 67.1 Å². The van der Waals surface area contributed by atoms with Gasteiger partial charge >= 0.3 is 0 Å². The first-order chi connectivity index (χ1) is 5.27. The minimum absolute atomic E-state index is 0.0790. The fourth-order valence-electron chi connectivity index (χ4n) is 1.12. The standard InChI is InChI=1S/C10H13F/c1-3-8-5-6-10(11)9(4-2)7-8/h5-7H,3-4H2,1-2H3. The Morgan fingerprint density at radius 2 is 1.91 bits per heavy atom. The normalized spacial score (nSPS) is 10.1. The van der Waals surface area contributed by atoms with E-state index in [1.165, 1.54) is 5.56 Å². The molecule has 0 aliphatic carbocycles. The molecular formula is C10H13F. The van der Waals surface area contributed by atoms with Crippen LogP contribution in [0.5, 0.6) is 0 Å². The smallest absolute Gasteiger partial charge is 0.126 e. The molecule has 0 spiro atoms. The molecule has 1 heteroatoms. The van der Waals surface area contributed by atoms with Crippen molar-refractivity contribution in [1.29, 1.82) is 0 Å². The van der Waals surface area contributed by atoms with E-state index < -0.39 is 0 Å². The second-order valence-corrected chi connectivity index (χ2v) is 2.63. The van der Waals surface area contributed by atoms with Crippen molar-refractivity contribution < 1.29 is 4.39 Å². The molecule has 11 heavy (non-hydrogen) atoms. The van der Waals surface area contributed by atoms with Gasteiger partial charge in [0.1, 0.15) is 5.82 Å². The molecule has 1 rings (SSSR count). The predicted octanol–water partition coefficient (Wildman–Crippen LogP) is 2.95. The third kappa shape index (κ3) is 1.79. The maximum absolute atomic E-state index is 12.9. The lowest BCUT2D eigenvalue weighted by Crippen LogP contribution is -1.89. The second kappa shape index (κ2) is 3.51. The van der Waals surface area contributed by atoms with Gasteiger partial charge in [0.2, 0.25) is 0 Å². The number of hydrogen-bond acceptors (Lipinski definition) is 0. The monoisotopic (exact) mass is 152 g/mol. The highest BCUT2D eigenvalue weighted by Gasteiger charge is 1.99. The van der Waals surface area contributed by atoms with Crippen LogP contribution in [-0.2, 0) is 12.8 Å². The zero-order valence-corrected chi connectivity index (χ0v) is 7.02. The third-order valence-corrected chi connectivity index (χ3v) is 1.90. The molecule has 0 fully saturated rings. The van der Waals surface area contributed by atoms with Gasteiger partial charge in [-0.25, -0.2) is 4.39 Å². The van der Waals surface area contributed by atoms with E-state index in [4.69, 9.17) is 0 Å². The molecule has 0 bridgehead atoms. The van der Waals surface area contributed by atoms with Crippen molar-refractivity contribution in [1.82, 2.24) is 0 Å². The summed E-state index contributed by atoms with van der Waals surface area (Å²) in [5.74, 6) is -0.0790. The van der Waals surface area contributed by atoms with Crippen molar-refractivity contribution in [3.05, 3.63) is 35.1 Å². The maximum atomic E-state index is 12.9. The number of benzene rings is 1. The first kappa shape index (κ1) is 8.25. The van der Waals surface area contributed by atoms with Gasteiger partial charge in [-0.2, -0.15) is 0 Å². The minimum Gasteiger partial charge on any atom is -0.207 e. The Morgan fingerprint density at radius 1 is 1.18 bits per heavy atom. The lowest BCUT2D eigenvalue weighted by Gasteiger charge is -2.01. The highest BCUT2D eigenvalue weighted by Crippen LogP contribution is 2.11. The molecule has 0 radical (unpaired) electrons.